The number of hydrogen-bond donors (Lipinski definition) is 3. The molecule has 5 rings (SSSR count). The number of aromatic nitrogens is 4. The van der Waals surface area contributed by atoms with Gasteiger partial charge in [0, 0.05) is 23.9 Å². The maximum atomic E-state index is 14.1. The number of carbonyl (C=O) groups excluding carboxylic acids is 2. The Balaban J connectivity index is 1.67. The molecular weight excluding hydrogens is 453 g/mol. The van der Waals surface area contributed by atoms with Crippen LogP contribution in [-0.2, 0) is 16.0 Å². The summed E-state index contributed by atoms with van der Waals surface area (Å²) in [7, 11) is 0. The number of carbonyl (C=O) groups is 2. The molecule has 1 aliphatic rings. The summed E-state index contributed by atoms with van der Waals surface area (Å²) in [4.78, 5) is 34.6. The minimum Gasteiger partial charge on any atom is -0.508 e. The molecule has 0 spiro atoms. The third-order valence-electron chi connectivity index (χ3n) is 5.95. The molecule has 2 amide bonds. The highest BCUT2D eigenvalue weighted by atomic mass is 19.1. The van der Waals surface area contributed by atoms with Gasteiger partial charge in [-0.1, -0.05) is 24.8 Å². The van der Waals surface area contributed by atoms with Gasteiger partial charge >= 0.3 is 0 Å². The molecule has 0 saturated carbocycles. The predicted molar refractivity (Wildman–Crippen MR) is 127 cm³/mol. The van der Waals surface area contributed by atoms with Crippen molar-refractivity contribution in [1.82, 2.24) is 19.7 Å². The van der Waals surface area contributed by atoms with E-state index in [9.17, 15) is 19.1 Å². The van der Waals surface area contributed by atoms with Crippen molar-refractivity contribution in [3.63, 3.8) is 0 Å². The number of halogens is 1. The summed E-state index contributed by atoms with van der Waals surface area (Å²) in [5, 5.41) is 15.0. The smallest absolute Gasteiger partial charge is 0.263 e. The molecule has 35 heavy (non-hydrogen) atoms. The first kappa shape index (κ1) is 22.0. The van der Waals surface area contributed by atoms with Crippen LogP contribution in [0.25, 0.3) is 22.3 Å². The number of primary amides is 1. The molecule has 5 N–H and O–H groups in total. The average molecular weight is 473 g/mol. The van der Waals surface area contributed by atoms with Crippen LogP contribution in [-0.4, -0.2) is 43.2 Å². The monoisotopic (exact) mass is 473 g/mol. The molecule has 2 aromatic heterocycles. The largest absolute Gasteiger partial charge is 0.508 e. The summed E-state index contributed by atoms with van der Waals surface area (Å²) in [6.07, 6.45) is 1.77. The van der Waals surface area contributed by atoms with Crippen molar-refractivity contribution in [1.29, 1.82) is 0 Å². The minimum absolute atomic E-state index is 0.131. The highest BCUT2D eigenvalue weighted by Crippen LogP contribution is 2.37. The summed E-state index contributed by atoms with van der Waals surface area (Å²) < 4.78 is 15.7. The molecule has 0 saturated heterocycles. The van der Waals surface area contributed by atoms with Crippen LogP contribution in [0.3, 0.4) is 0 Å². The summed E-state index contributed by atoms with van der Waals surface area (Å²) in [6, 6.07) is 10.4. The number of fused-ring (bicyclic) bond motifs is 2. The van der Waals surface area contributed by atoms with E-state index >= 15 is 0 Å². The molecular formula is C24H20FN7O3. The highest BCUT2D eigenvalue weighted by Gasteiger charge is 2.33. The standard InChI is InChI=1S/C24H20FN7O3/c1-12(22(27)34)24(35)31-10-16(7-13-4-2-3-5-18(13)31)32-23-19(21(26)28-11-29-23)20(30-32)14-6-15(25)9-17(33)8-14/h2-6,8-9,11,16,33H,1,7,10H2,(H2,27,34)(H2,26,28,29). The van der Waals surface area contributed by atoms with E-state index in [0.29, 0.717) is 28.7 Å². The summed E-state index contributed by atoms with van der Waals surface area (Å²) in [5.41, 5.74) is 13.5. The minimum atomic E-state index is -0.909. The third kappa shape index (κ3) is 3.72. The van der Waals surface area contributed by atoms with Gasteiger partial charge in [0.1, 0.15) is 29.4 Å². The van der Waals surface area contributed by atoms with Gasteiger partial charge in [0.25, 0.3) is 11.8 Å². The molecule has 11 heteroatoms. The Morgan fingerprint density at radius 3 is 2.69 bits per heavy atom. The van der Waals surface area contributed by atoms with Crippen molar-refractivity contribution in [2.75, 3.05) is 17.2 Å². The Labute approximate surface area is 198 Å². The van der Waals surface area contributed by atoms with Crippen molar-refractivity contribution < 1.29 is 19.1 Å². The topological polar surface area (TPSA) is 153 Å². The number of amides is 2. The fraction of sp³-hybridized carbons (Fsp3) is 0.125. The van der Waals surface area contributed by atoms with E-state index in [1.54, 1.807) is 16.8 Å². The van der Waals surface area contributed by atoms with Crippen molar-refractivity contribution >= 4 is 34.4 Å². The van der Waals surface area contributed by atoms with Gasteiger partial charge in [0.05, 0.1) is 17.0 Å². The van der Waals surface area contributed by atoms with Crippen molar-refractivity contribution in [3.05, 3.63) is 72.3 Å². The van der Waals surface area contributed by atoms with Crippen LogP contribution in [0.15, 0.2) is 60.9 Å². The van der Waals surface area contributed by atoms with Gasteiger partial charge in [0.15, 0.2) is 5.65 Å². The number of benzene rings is 2. The fourth-order valence-corrected chi connectivity index (χ4v) is 4.36. The van der Waals surface area contributed by atoms with E-state index in [0.717, 1.165) is 11.6 Å². The zero-order valence-electron chi connectivity index (χ0n) is 18.3. The number of rotatable bonds is 4. The zero-order chi connectivity index (χ0) is 24.9. The van der Waals surface area contributed by atoms with E-state index in [4.69, 9.17) is 11.5 Å². The lowest BCUT2D eigenvalue weighted by Gasteiger charge is -2.35. The Kier molecular flexibility index (Phi) is 5.16. The molecule has 1 aliphatic heterocycles. The first-order valence-corrected chi connectivity index (χ1v) is 10.6. The lowest BCUT2D eigenvalue weighted by Crippen LogP contribution is -2.43. The number of phenols is 1. The Morgan fingerprint density at radius 2 is 1.94 bits per heavy atom. The molecule has 4 aromatic rings. The van der Waals surface area contributed by atoms with E-state index in [2.05, 4.69) is 21.6 Å². The van der Waals surface area contributed by atoms with Gasteiger partial charge < -0.3 is 21.5 Å². The van der Waals surface area contributed by atoms with Gasteiger partial charge in [-0.2, -0.15) is 5.10 Å². The fourth-order valence-electron chi connectivity index (χ4n) is 4.36. The number of aromatic hydroxyl groups is 1. The number of nitrogens with two attached hydrogens (primary N) is 2. The molecule has 0 fully saturated rings. The lowest BCUT2D eigenvalue weighted by molar-refractivity contribution is -0.120. The zero-order valence-corrected chi connectivity index (χ0v) is 18.3. The number of para-hydroxylation sites is 1. The second kappa shape index (κ2) is 8.20. The number of phenolic OH excluding ortho intramolecular Hbond substituents is 1. The second-order valence-corrected chi connectivity index (χ2v) is 8.19. The number of nitrogens with zero attached hydrogens (tertiary/aromatic N) is 5. The van der Waals surface area contributed by atoms with Crippen molar-refractivity contribution in [3.8, 4) is 17.0 Å². The van der Waals surface area contributed by atoms with Crippen LogP contribution in [0.2, 0.25) is 0 Å². The number of anilines is 2. The molecule has 176 valence electrons. The summed E-state index contributed by atoms with van der Waals surface area (Å²) >= 11 is 0. The molecule has 10 nitrogen and oxygen atoms in total. The summed E-state index contributed by atoms with van der Waals surface area (Å²) in [6.45, 7) is 3.67. The quantitative estimate of drug-likeness (QED) is 0.233. The van der Waals surface area contributed by atoms with Gasteiger partial charge in [-0.15, -0.1) is 0 Å². The van der Waals surface area contributed by atoms with Gasteiger partial charge in [-0.25, -0.2) is 19.0 Å². The van der Waals surface area contributed by atoms with E-state index < -0.39 is 23.7 Å². The average Bonchev–Trinajstić information content (AvgIpc) is 3.23. The first-order chi connectivity index (χ1) is 16.7. The van der Waals surface area contributed by atoms with Crippen LogP contribution in [0.1, 0.15) is 11.6 Å². The molecule has 0 bridgehead atoms. The molecule has 0 radical (unpaired) electrons. The normalized spacial score (nSPS) is 15.1. The Hall–Kier alpha value is -4.80. The van der Waals surface area contributed by atoms with Gasteiger partial charge in [-0.3, -0.25) is 9.59 Å². The van der Waals surface area contributed by atoms with Gasteiger partial charge in [-0.05, 0) is 30.2 Å². The maximum absolute atomic E-state index is 14.1. The predicted octanol–water partition coefficient (Wildman–Crippen LogP) is 2.09. The van der Waals surface area contributed by atoms with Crippen LogP contribution in [0.5, 0.6) is 5.75 Å². The van der Waals surface area contributed by atoms with Crippen LogP contribution in [0.4, 0.5) is 15.9 Å². The second-order valence-electron chi connectivity index (χ2n) is 8.19. The summed E-state index contributed by atoms with van der Waals surface area (Å²) in [5.74, 6) is -2.31. The highest BCUT2D eigenvalue weighted by molar-refractivity contribution is 6.22. The van der Waals surface area contributed by atoms with Crippen LogP contribution in [0, 0.1) is 5.82 Å². The Bertz CT molecular complexity index is 1510. The maximum Gasteiger partial charge on any atom is 0.263 e. The lowest BCUT2D eigenvalue weighted by atomic mass is 9.97. The molecule has 1 unspecified atom stereocenters. The number of hydrogen-bond acceptors (Lipinski definition) is 7. The molecule has 3 heterocycles. The van der Waals surface area contributed by atoms with Gasteiger partial charge in [0.2, 0.25) is 0 Å². The first-order valence-electron chi connectivity index (χ1n) is 10.6. The van der Waals surface area contributed by atoms with Crippen molar-refractivity contribution in [2.45, 2.75) is 12.5 Å². The van der Waals surface area contributed by atoms with E-state index in [1.807, 2.05) is 12.1 Å². The van der Waals surface area contributed by atoms with Crippen LogP contribution < -0.4 is 16.4 Å². The van der Waals surface area contributed by atoms with Crippen molar-refractivity contribution in [2.24, 2.45) is 5.73 Å². The van der Waals surface area contributed by atoms with Crippen LogP contribution >= 0.6 is 0 Å². The molecule has 2 aromatic carbocycles. The Morgan fingerprint density at radius 1 is 1.17 bits per heavy atom. The molecule has 0 aliphatic carbocycles. The van der Waals surface area contributed by atoms with E-state index in [-0.39, 0.29) is 29.4 Å². The van der Waals surface area contributed by atoms with E-state index in [1.165, 1.54) is 23.4 Å². The third-order valence-corrected chi connectivity index (χ3v) is 5.95. The molecule has 1 atom stereocenters. The number of nitrogen functional groups attached to an aromatic ring is 1. The SMILES string of the molecule is C=C(C(N)=O)C(=O)N1CC(n2nc(-c3cc(O)cc(F)c3)c3c(N)ncnc32)Cc2ccccc21.